The van der Waals surface area contributed by atoms with Crippen molar-refractivity contribution in [2.45, 2.75) is 77.4 Å². The number of nitrogens with two attached hydrogens (primary N) is 1. The number of hydrogen-bond donors (Lipinski definition) is 3. The molecule has 0 unspecified atom stereocenters. The molecule has 5 rings (SSSR count). The van der Waals surface area contributed by atoms with Crippen LogP contribution in [0.1, 0.15) is 53.5 Å². The number of nitrogens with zero attached hydrogens (tertiary/aromatic N) is 4. The standard InChI is InChI=1S/C20H31ClN5O5P/c1-10(2)30-32(29,31-11(3)4)7-6-19(5)12-8-20(28,17(19)27)14(12)26-9-23-13-15(22)24-18(21)25-16(13)26/h9-12,14,17,27-28H,6-8H2,1-5H3,(H2,22,24,25)/t12-,14-,17-,19+,20-/m1/s1. The third-order valence-corrected chi connectivity index (χ3v) is 9.20. The molecule has 2 bridgehead atoms. The number of anilines is 1. The molecule has 178 valence electrons. The topological polar surface area (TPSA) is 146 Å². The highest BCUT2D eigenvalue weighted by atomic mass is 35.5. The van der Waals surface area contributed by atoms with E-state index in [0.29, 0.717) is 24.0 Å². The first kappa shape index (κ1) is 23.9. The van der Waals surface area contributed by atoms with Crippen molar-refractivity contribution in [3.63, 3.8) is 0 Å². The fraction of sp³-hybridized carbons (Fsp3) is 0.750. The van der Waals surface area contributed by atoms with E-state index in [-0.39, 0.29) is 35.4 Å². The molecule has 0 saturated heterocycles. The summed E-state index contributed by atoms with van der Waals surface area (Å²) in [6, 6.07) is -0.478. The summed E-state index contributed by atoms with van der Waals surface area (Å²) in [5.74, 6) is 0.0414. The van der Waals surface area contributed by atoms with E-state index >= 15 is 0 Å². The summed E-state index contributed by atoms with van der Waals surface area (Å²) in [7, 11) is -3.38. The van der Waals surface area contributed by atoms with Crippen LogP contribution >= 0.6 is 19.2 Å². The van der Waals surface area contributed by atoms with Crippen LogP contribution < -0.4 is 5.73 Å². The number of hydrogen-bond acceptors (Lipinski definition) is 9. The summed E-state index contributed by atoms with van der Waals surface area (Å²) in [6.07, 6.45) is 0.881. The molecule has 2 aromatic rings. The van der Waals surface area contributed by atoms with Gasteiger partial charge in [-0.3, -0.25) is 4.57 Å². The van der Waals surface area contributed by atoms with Crippen LogP contribution in [0.25, 0.3) is 11.2 Å². The van der Waals surface area contributed by atoms with Crippen molar-refractivity contribution in [1.82, 2.24) is 19.5 Å². The first-order valence-electron chi connectivity index (χ1n) is 10.8. The van der Waals surface area contributed by atoms with Gasteiger partial charge in [0.1, 0.15) is 11.1 Å². The van der Waals surface area contributed by atoms with Gasteiger partial charge in [0.25, 0.3) is 0 Å². The van der Waals surface area contributed by atoms with Gasteiger partial charge < -0.3 is 29.6 Å². The zero-order chi connectivity index (χ0) is 23.6. The van der Waals surface area contributed by atoms with Crippen LogP contribution in [0.2, 0.25) is 5.28 Å². The fourth-order valence-corrected chi connectivity index (χ4v) is 7.91. The van der Waals surface area contributed by atoms with E-state index < -0.39 is 30.8 Å². The predicted octanol–water partition coefficient (Wildman–Crippen LogP) is 3.17. The first-order valence-corrected chi connectivity index (χ1v) is 12.9. The summed E-state index contributed by atoms with van der Waals surface area (Å²) in [6.45, 7) is 9.13. The van der Waals surface area contributed by atoms with E-state index in [2.05, 4.69) is 15.0 Å². The predicted molar refractivity (Wildman–Crippen MR) is 120 cm³/mol. The van der Waals surface area contributed by atoms with Crippen LogP contribution in [0.3, 0.4) is 0 Å². The molecule has 32 heavy (non-hydrogen) atoms. The van der Waals surface area contributed by atoms with Gasteiger partial charge in [0.05, 0.1) is 36.8 Å². The first-order chi connectivity index (χ1) is 14.8. The Balaban J connectivity index is 1.63. The van der Waals surface area contributed by atoms with E-state index in [4.69, 9.17) is 26.4 Å². The van der Waals surface area contributed by atoms with Crippen molar-refractivity contribution >= 4 is 36.2 Å². The smallest absolute Gasteiger partial charge is 0.331 e. The van der Waals surface area contributed by atoms with Crippen LogP contribution in [-0.4, -0.2) is 59.8 Å². The van der Waals surface area contributed by atoms with E-state index in [1.807, 2.05) is 6.92 Å². The second-order valence-corrected chi connectivity index (χ2v) is 12.2. The summed E-state index contributed by atoms with van der Waals surface area (Å²) in [4.78, 5) is 12.5. The van der Waals surface area contributed by atoms with Crippen LogP contribution in [0.4, 0.5) is 5.82 Å². The van der Waals surface area contributed by atoms with Crippen molar-refractivity contribution in [1.29, 1.82) is 0 Å². The average molecular weight is 488 g/mol. The molecule has 3 aliphatic carbocycles. The van der Waals surface area contributed by atoms with Gasteiger partial charge in [0.15, 0.2) is 11.5 Å². The van der Waals surface area contributed by atoms with Crippen molar-refractivity contribution in [2.75, 3.05) is 11.9 Å². The highest BCUT2D eigenvalue weighted by Gasteiger charge is 2.74. The Kier molecular flexibility index (Phi) is 5.88. The van der Waals surface area contributed by atoms with Crippen molar-refractivity contribution in [3.05, 3.63) is 11.6 Å². The minimum atomic E-state index is -3.38. The van der Waals surface area contributed by atoms with Crippen LogP contribution in [0, 0.1) is 11.3 Å². The lowest BCUT2D eigenvalue weighted by Crippen LogP contribution is -2.52. The average Bonchev–Trinajstić information content (AvgIpc) is 3.18. The highest BCUT2D eigenvalue weighted by Crippen LogP contribution is 2.70. The minimum Gasteiger partial charge on any atom is -0.389 e. The molecule has 0 aliphatic heterocycles. The largest absolute Gasteiger partial charge is 0.389 e. The van der Waals surface area contributed by atoms with E-state index in [0.717, 1.165) is 0 Å². The zero-order valence-electron chi connectivity index (χ0n) is 18.9. The second-order valence-electron chi connectivity index (χ2n) is 9.75. The number of fused-ring (bicyclic) bond motifs is 2. The summed E-state index contributed by atoms with van der Waals surface area (Å²) in [5.41, 5.74) is 4.63. The molecule has 10 nitrogen and oxygen atoms in total. The number of aromatic nitrogens is 4. The van der Waals surface area contributed by atoms with Crippen LogP contribution in [0.15, 0.2) is 6.33 Å². The van der Waals surface area contributed by atoms with E-state index in [1.165, 1.54) is 0 Å². The van der Waals surface area contributed by atoms with Crippen molar-refractivity contribution in [3.8, 4) is 0 Å². The van der Waals surface area contributed by atoms with Gasteiger partial charge in [-0.2, -0.15) is 9.97 Å². The SMILES string of the molecule is CC(C)OP(=O)(CC[C@@]1(C)[C@@H]2C[C@](O)([C@@H]1O)[C@@H]2n1cnc2c(N)nc(Cl)nc21)OC(C)C. The molecule has 12 heteroatoms. The second kappa shape index (κ2) is 7.89. The van der Waals surface area contributed by atoms with Crippen LogP contribution in [0.5, 0.6) is 0 Å². The Bertz CT molecular complexity index is 1070. The molecular formula is C20H31ClN5O5P. The zero-order valence-corrected chi connectivity index (χ0v) is 20.5. The van der Waals surface area contributed by atoms with E-state index in [1.54, 1.807) is 38.6 Å². The van der Waals surface area contributed by atoms with Gasteiger partial charge in [0, 0.05) is 5.41 Å². The Hall–Kier alpha value is -1.29. The molecule has 3 fully saturated rings. The molecule has 0 aromatic carbocycles. The third-order valence-electron chi connectivity index (χ3n) is 6.77. The van der Waals surface area contributed by atoms with E-state index in [9.17, 15) is 14.8 Å². The molecule has 3 saturated carbocycles. The summed E-state index contributed by atoms with van der Waals surface area (Å²) in [5, 5.41) is 22.5. The Labute approximate surface area is 192 Å². The summed E-state index contributed by atoms with van der Waals surface area (Å²) >= 11 is 6.00. The van der Waals surface area contributed by atoms with Gasteiger partial charge in [-0.05, 0) is 58.1 Å². The normalized spacial score (nSPS) is 32.2. The lowest BCUT2D eigenvalue weighted by Gasteiger charge is -2.45. The van der Waals surface area contributed by atoms with Gasteiger partial charge in [-0.15, -0.1) is 0 Å². The maximum absolute atomic E-state index is 13.4. The van der Waals surface area contributed by atoms with Gasteiger partial charge in [0.2, 0.25) is 5.28 Å². The van der Waals surface area contributed by atoms with Crippen molar-refractivity contribution < 1.29 is 23.8 Å². The van der Waals surface area contributed by atoms with Crippen LogP contribution in [-0.2, 0) is 13.6 Å². The summed E-state index contributed by atoms with van der Waals surface area (Å²) < 4.78 is 26.4. The molecule has 0 radical (unpaired) electrons. The Morgan fingerprint density at radius 1 is 1.31 bits per heavy atom. The minimum absolute atomic E-state index is 0.0173. The molecule has 0 spiro atoms. The fourth-order valence-electron chi connectivity index (χ4n) is 5.44. The Morgan fingerprint density at radius 2 is 1.94 bits per heavy atom. The monoisotopic (exact) mass is 487 g/mol. The highest BCUT2D eigenvalue weighted by molar-refractivity contribution is 7.53. The number of aliphatic hydroxyl groups excluding tert-OH is 1. The molecule has 3 aliphatic rings. The Morgan fingerprint density at radius 3 is 2.53 bits per heavy atom. The maximum Gasteiger partial charge on any atom is 0.331 e. The van der Waals surface area contributed by atoms with Gasteiger partial charge in [-0.1, -0.05) is 6.92 Å². The van der Waals surface area contributed by atoms with Crippen molar-refractivity contribution in [2.24, 2.45) is 11.3 Å². The number of halogens is 1. The molecule has 5 atom stereocenters. The molecule has 4 N–H and O–H groups in total. The molecule has 2 aromatic heterocycles. The molecule has 2 heterocycles. The lowest BCUT2D eigenvalue weighted by molar-refractivity contribution is -0.125. The maximum atomic E-state index is 13.4. The number of nitrogen functional groups attached to an aromatic ring is 1. The number of aliphatic hydroxyl groups is 2. The molecular weight excluding hydrogens is 457 g/mol. The number of imidazole rings is 1. The van der Waals surface area contributed by atoms with Gasteiger partial charge >= 0.3 is 7.60 Å². The number of rotatable bonds is 8. The quantitative estimate of drug-likeness (QED) is 0.377. The van der Waals surface area contributed by atoms with Gasteiger partial charge in [-0.25, -0.2) is 4.98 Å². The molecule has 0 amide bonds. The third kappa shape index (κ3) is 3.65. The lowest BCUT2D eigenvalue weighted by atomic mass is 9.69.